The highest BCUT2D eigenvalue weighted by Crippen LogP contribution is 2.27. The number of rotatable bonds is 3. The summed E-state index contributed by atoms with van der Waals surface area (Å²) in [5, 5.41) is 3.21. The molecule has 0 atom stereocenters. The molecule has 1 amide bonds. The molecule has 3 heterocycles. The number of nitrogens with zero attached hydrogens (tertiary/aromatic N) is 2. The number of thiophene rings is 1. The molecule has 0 spiro atoms. The summed E-state index contributed by atoms with van der Waals surface area (Å²) in [4.78, 5) is 20.1. The van der Waals surface area contributed by atoms with Gasteiger partial charge in [0.1, 0.15) is 5.52 Å². The number of aromatic nitrogens is 1. The van der Waals surface area contributed by atoms with Gasteiger partial charge in [0.05, 0.1) is 5.75 Å². The number of amides is 1. The van der Waals surface area contributed by atoms with E-state index in [1.165, 1.54) is 22.2 Å². The Morgan fingerprint density at radius 3 is 3.26 bits per heavy atom. The van der Waals surface area contributed by atoms with E-state index < -0.39 is 0 Å². The molecule has 0 fully saturated rings. The van der Waals surface area contributed by atoms with Gasteiger partial charge in [0, 0.05) is 29.1 Å². The van der Waals surface area contributed by atoms with E-state index in [0.29, 0.717) is 28.1 Å². The lowest BCUT2D eigenvalue weighted by Crippen LogP contribution is -2.36. The Hall–Kier alpha value is -1.50. The highest BCUT2D eigenvalue weighted by molar-refractivity contribution is 7.99. The number of hydrogen-bond donors (Lipinski definition) is 0. The van der Waals surface area contributed by atoms with Crippen molar-refractivity contribution in [2.24, 2.45) is 0 Å². The van der Waals surface area contributed by atoms with Crippen molar-refractivity contribution in [3.8, 4) is 0 Å². The fraction of sp³-hybridized carbons (Fsp3) is 0.250. The third-order valence-electron chi connectivity index (χ3n) is 3.81. The van der Waals surface area contributed by atoms with Gasteiger partial charge in [-0.2, -0.15) is 0 Å². The Bertz CT molecular complexity index is 874. The normalized spacial score (nSPS) is 14.2. The van der Waals surface area contributed by atoms with E-state index in [1.807, 2.05) is 11.0 Å². The second-order valence-corrected chi connectivity index (χ2v) is 7.68. The summed E-state index contributed by atoms with van der Waals surface area (Å²) in [5.74, 6) is 0.451. The van der Waals surface area contributed by atoms with Gasteiger partial charge in [-0.25, -0.2) is 4.98 Å². The average molecular weight is 365 g/mol. The Morgan fingerprint density at radius 2 is 2.35 bits per heavy atom. The van der Waals surface area contributed by atoms with Crippen molar-refractivity contribution in [1.82, 2.24) is 9.88 Å². The van der Waals surface area contributed by atoms with Gasteiger partial charge in [0.25, 0.3) is 5.22 Å². The smallest absolute Gasteiger partial charge is 0.257 e. The zero-order valence-electron chi connectivity index (χ0n) is 12.1. The van der Waals surface area contributed by atoms with Gasteiger partial charge >= 0.3 is 0 Å². The lowest BCUT2D eigenvalue weighted by molar-refractivity contribution is -0.129. The van der Waals surface area contributed by atoms with Crippen LogP contribution in [0.25, 0.3) is 11.1 Å². The maximum absolute atomic E-state index is 12.4. The highest BCUT2D eigenvalue weighted by Gasteiger charge is 2.22. The second kappa shape index (κ2) is 6.19. The number of halogens is 1. The van der Waals surface area contributed by atoms with Crippen LogP contribution in [0.2, 0.25) is 5.02 Å². The van der Waals surface area contributed by atoms with Crippen molar-refractivity contribution in [2.75, 3.05) is 12.3 Å². The first-order valence-electron chi connectivity index (χ1n) is 7.21. The third kappa shape index (κ3) is 3.11. The molecule has 2 aromatic heterocycles. The maximum Gasteiger partial charge on any atom is 0.257 e. The second-order valence-electron chi connectivity index (χ2n) is 5.31. The van der Waals surface area contributed by atoms with E-state index in [-0.39, 0.29) is 5.91 Å². The van der Waals surface area contributed by atoms with Gasteiger partial charge in [-0.15, -0.1) is 11.3 Å². The van der Waals surface area contributed by atoms with Crippen LogP contribution in [-0.4, -0.2) is 28.1 Å². The molecular weight excluding hydrogens is 352 g/mol. The summed E-state index contributed by atoms with van der Waals surface area (Å²) in [7, 11) is 0. The molecule has 4 rings (SSSR count). The van der Waals surface area contributed by atoms with Crippen LogP contribution in [0.15, 0.2) is 39.3 Å². The van der Waals surface area contributed by atoms with E-state index in [9.17, 15) is 4.79 Å². The quantitative estimate of drug-likeness (QED) is 0.653. The molecule has 1 aliphatic heterocycles. The van der Waals surface area contributed by atoms with Gasteiger partial charge in [-0.05, 0) is 35.6 Å². The Balaban J connectivity index is 1.41. The summed E-state index contributed by atoms with van der Waals surface area (Å²) < 4.78 is 5.63. The summed E-state index contributed by atoms with van der Waals surface area (Å²) in [5.41, 5.74) is 2.68. The zero-order chi connectivity index (χ0) is 15.8. The van der Waals surface area contributed by atoms with Crippen molar-refractivity contribution in [3.63, 3.8) is 0 Å². The maximum atomic E-state index is 12.4. The summed E-state index contributed by atoms with van der Waals surface area (Å²) in [6.45, 7) is 1.50. The number of thioether (sulfide) groups is 1. The molecule has 0 unspecified atom stereocenters. The van der Waals surface area contributed by atoms with Gasteiger partial charge in [-0.1, -0.05) is 23.4 Å². The first-order valence-corrected chi connectivity index (χ1v) is 9.45. The van der Waals surface area contributed by atoms with Crippen molar-refractivity contribution in [3.05, 3.63) is 45.1 Å². The topological polar surface area (TPSA) is 46.3 Å². The fourth-order valence-corrected chi connectivity index (χ4v) is 4.41. The largest absolute Gasteiger partial charge is 0.431 e. The number of benzene rings is 1. The van der Waals surface area contributed by atoms with Gasteiger partial charge in [-0.3, -0.25) is 4.79 Å². The molecule has 7 heteroatoms. The fourth-order valence-electron chi connectivity index (χ4n) is 2.62. The number of fused-ring (bicyclic) bond motifs is 2. The molecule has 1 aromatic carbocycles. The van der Waals surface area contributed by atoms with Crippen LogP contribution in [0.3, 0.4) is 0 Å². The first-order chi connectivity index (χ1) is 11.2. The van der Waals surface area contributed by atoms with Gasteiger partial charge in [0.2, 0.25) is 5.91 Å². The molecule has 1 aliphatic rings. The minimum absolute atomic E-state index is 0.118. The third-order valence-corrected chi connectivity index (χ3v) is 5.88. The molecule has 0 N–H and O–H groups in total. The van der Waals surface area contributed by atoms with E-state index in [2.05, 4.69) is 16.4 Å². The molecule has 23 heavy (non-hydrogen) atoms. The Labute approximate surface area is 146 Å². The monoisotopic (exact) mass is 364 g/mol. The average Bonchev–Trinajstić information content (AvgIpc) is 3.17. The van der Waals surface area contributed by atoms with E-state index in [1.54, 1.807) is 23.5 Å². The molecule has 0 radical (unpaired) electrons. The van der Waals surface area contributed by atoms with E-state index >= 15 is 0 Å². The standard InChI is InChI=1S/C16H13ClN2O2S2/c17-11-1-2-12-13(7-11)21-16(18-12)23-9-15(20)19-5-3-14-10(8-19)4-6-22-14/h1-2,4,6-7H,3,5,8-9H2. The van der Waals surface area contributed by atoms with Gasteiger partial charge < -0.3 is 9.32 Å². The van der Waals surface area contributed by atoms with Crippen LogP contribution in [0, 0.1) is 0 Å². The van der Waals surface area contributed by atoms with E-state index in [4.69, 9.17) is 16.0 Å². The Morgan fingerprint density at radius 1 is 1.43 bits per heavy atom. The highest BCUT2D eigenvalue weighted by atomic mass is 35.5. The molecular formula is C16H13ClN2O2S2. The zero-order valence-corrected chi connectivity index (χ0v) is 14.5. The van der Waals surface area contributed by atoms with Crippen LogP contribution < -0.4 is 0 Å². The lowest BCUT2D eigenvalue weighted by atomic mass is 10.1. The number of carbonyl (C=O) groups excluding carboxylic acids is 1. The van der Waals surface area contributed by atoms with Crippen LogP contribution in [0.1, 0.15) is 10.4 Å². The van der Waals surface area contributed by atoms with E-state index in [0.717, 1.165) is 18.5 Å². The van der Waals surface area contributed by atoms with Crippen molar-refractivity contribution < 1.29 is 9.21 Å². The van der Waals surface area contributed by atoms with Crippen LogP contribution >= 0.6 is 34.7 Å². The summed E-state index contributed by atoms with van der Waals surface area (Å²) in [6, 6.07) is 7.43. The SMILES string of the molecule is O=C(CSc1nc2ccc(Cl)cc2o1)N1CCc2sccc2C1. The first kappa shape index (κ1) is 15.1. The number of carbonyl (C=O) groups is 1. The molecule has 4 nitrogen and oxygen atoms in total. The minimum Gasteiger partial charge on any atom is -0.431 e. The predicted molar refractivity (Wildman–Crippen MR) is 93.2 cm³/mol. The van der Waals surface area contributed by atoms with Crippen molar-refractivity contribution >= 4 is 51.7 Å². The van der Waals surface area contributed by atoms with Crippen LogP contribution in [0.4, 0.5) is 0 Å². The number of oxazole rings is 1. The molecule has 118 valence electrons. The predicted octanol–water partition coefficient (Wildman–Crippen LogP) is 4.22. The van der Waals surface area contributed by atoms with Crippen molar-refractivity contribution in [2.45, 2.75) is 18.2 Å². The number of hydrogen-bond acceptors (Lipinski definition) is 5. The minimum atomic E-state index is 0.118. The lowest BCUT2D eigenvalue weighted by Gasteiger charge is -2.26. The molecule has 3 aromatic rings. The summed E-state index contributed by atoms with van der Waals surface area (Å²) >= 11 is 9.04. The Kier molecular flexibility index (Phi) is 4.05. The van der Waals surface area contributed by atoms with Crippen LogP contribution in [0.5, 0.6) is 0 Å². The van der Waals surface area contributed by atoms with Crippen LogP contribution in [-0.2, 0) is 17.8 Å². The van der Waals surface area contributed by atoms with Crippen molar-refractivity contribution in [1.29, 1.82) is 0 Å². The molecule has 0 saturated carbocycles. The van der Waals surface area contributed by atoms with Gasteiger partial charge in [0.15, 0.2) is 5.58 Å². The molecule has 0 aliphatic carbocycles. The molecule has 0 saturated heterocycles. The summed E-state index contributed by atoms with van der Waals surface area (Å²) in [6.07, 6.45) is 0.949. The molecule has 0 bridgehead atoms.